The molecule has 0 radical (unpaired) electrons. The fourth-order valence-electron chi connectivity index (χ4n) is 0.423. The summed E-state index contributed by atoms with van der Waals surface area (Å²) in [5.41, 5.74) is 1.33. The Bertz CT molecular complexity index is 175. The molecule has 0 aliphatic heterocycles. The highest BCUT2D eigenvalue weighted by Gasteiger charge is 1.96. The van der Waals surface area contributed by atoms with E-state index in [4.69, 9.17) is 0 Å². The van der Waals surface area contributed by atoms with Gasteiger partial charge in [-0.15, -0.1) is 11.3 Å². The molecule has 0 N–H and O–H groups in total. The van der Waals surface area contributed by atoms with Crippen LogP contribution in [0.5, 0.6) is 0 Å². The van der Waals surface area contributed by atoms with E-state index >= 15 is 0 Å². The SMILES string of the molecule is Cc1cc(I)sc1Br. The fraction of sp³-hybridized carbons (Fsp3) is 0.200. The Morgan fingerprint density at radius 2 is 2.38 bits per heavy atom. The smallest absolute Gasteiger partial charge is 0.0738 e. The summed E-state index contributed by atoms with van der Waals surface area (Å²) in [4.78, 5) is 0. The number of aryl methyl sites for hydroxylation is 1. The average molecular weight is 303 g/mol. The summed E-state index contributed by atoms with van der Waals surface area (Å²) < 4.78 is 2.59. The minimum Gasteiger partial charge on any atom is -0.122 e. The van der Waals surface area contributed by atoms with Crippen LogP contribution in [0.1, 0.15) is 5.56 Å². The summed E-state index contributed by atoms with van der Waals surface area (Å²) >= 11 is 7.52. The quantitative estimate of drug-likeness (QED) is 0.644. The molecule has 1 heterocycles. The maximum Gasteiger partial charge on any atom is 0.0738 e. The van der Waals surface area contributed by atoms with Crippen molar-refractivity contribution < 1.29 is 0 Å². The Hall–Kier alpha value is 0.910. The summed E-state index contributed by atoms with van der Waals surface area (Å²) in [5, 5.41) is 0. The highest BCUT2D eigenvalue weighted by molar-refractivity contribution is 14.1. The Labute approximate surface area is 74.6 Å². The van der Waals surface area contributed by atoms with Gasteiger partial charge in [-0.25, -0.2) is 0 Å². The van der Waals surface area contributed by atoms with Gasteiger partial charge in [0.1, 0.15) is 0 Å². The van der Waals surface area contributed by atoms with Crippen molar-refractivity contribution >= 4 is 49.9 Å². The van der Waals surface area contributed by atoms with Crippen LogP contribution in [0.2, 0.25) is 0 Å². The Morgan fingerprint density at radius 3 is 2.50 bits per heavy atom. The lowest BCUT2D eigenvalue weighted by atomic mass is 10.4. The normalized spacial score (nSPS) is 9.88. The fourth-order valence-corrected chi connectivity index (χ4v) is 3.72. The van der Waals surface area contributed by atoms with Crippen molar-refractivity contribution in [3.63, 3.8) is 0 Å². The molecule has 0 fully saturated rings. The van der Waals surface area contributed by atoms with Crippen LogP contribution in [0.4, 0.5) is 0 Å². The molecule has 0 aliphatic carbocycles. The van der Waals surface area contributed by atoms with Crippen molar-refractivity contribution in [1.29, 1.82) is 0 Å². The summed E-state index contributed by atoms with van der Waals surface area (Å²) in [5.74, 6) is 0. The second-order valence-electron chi connectivity index (χ2n) is 1.51. The second kappa shape index (κ2) is 2.66. The molecule has 0 saturated carbocycles. The molecule has 0 nitrogen and oxygen atoms in total. The third kappa shape index (κ3) is 1.45. The number of rotatable bonds is 0. The van der Waals surface area contributed by atoms with Crippen LogP contribution < -0.4 is 0 Å². The first-order valence-electron chi connectivity index (χ1n) is 2.11. The molecule has 8 heavy (non-hydrogen) atoms. The second-order valence-corrected chi connectivity index (χ2v) is 5.77. The van der Waals surface area contributed by atoms with Gasteiger partial charge in [-0.1, -0.05) is 0 Å². The standard InChI is InChI=1S/C5H4BrIS/c1-3-2-4(7)8-5(3)6/h2H,1H3. The zero-order chi connectivity index (χ0) is 6.15. The monoisotopic (exact) mass is 302 g/mol. The van der Waals surface area contributed by atoms with Gasteiger partial charge in [-0.3, -0.25) is 0 Å². The molecule has 3 heteroatoms. The number of halogens is 2. The molecule has 1 aromatic heterocycles. The zero-order valence-corrected chi connectivity index (χ0v) is 8.80. The first-order valence-corrected chi connectivity index (χ1v) is 4.80. The highest BCUT2D eigenvalue weighted by Crippen LogP contribution is 2.27. The Morgan fingerprint density at radius 1 is 1.75 bits per heavy atom. The molecule has 0 bridgehead atoms. The van der Waals surface area contributed by atoms with E-state index in [1.807, 2.05) is 0 Å². The van der Waals surface area contributed by atoms with Gasteiger partial charge in [0.05, 0.1) is 6.67 Å². The molecule has 1 rings (SSSR count). The summed E-state index contributed by atoms with van der Waals surface area (Å²) in [6.07, 6.45) is 0. The van der Waals surface area contributed by atoms with Crippen molar-refractivity contribution in [1.82, 2.24) is 0 Å². The first kappa shape index (κ1) is 7.02. The van der Waals surface area contributed by atoms with E-state index in [1.54, 1.807) is 11.3 Å². The molecular weight excluding hydrogens is 299 g/mol. The van der Waals surface area contributed by atoms with Gasteiger partial charge in [-0.05, 0) is 57.1 Å². The van der Waals surface area contributed by atoms with E-state index in [0.29, 0.717) is 0 Å². The summed E-state index contributed by atoms with van der Waals surface area (Å²) in [6.45, 7) is 2.10. The van der Waals surface area contributed by atoms with Gasteiger partial charge in [0.15, 0.2) is 0 Å². The van der Waals surface area contributed by atoms with Crippen molar-refractivity contribution in [2.45, 2.75) is 6.92 Å². The Balaban J connectivity index is 3.14. The number of hydrogen-bond acceptors (Lipinski definition) is 1. The van der Waals surface area contributed by atoms with E-state index in [0.717, 1.165) is 0 Å². The topological polar surface area (TPSA) is 0 Å². The van der Waals surface area contributed by atoms with Gasteiger partial charge < -0.3 is 0 Å². The number of thiophene rings is 1. The Kier molecular flexibility index (Phi) is 2.34. The number of hydrogen-bond donors (Lipinski definition) is 0. The lowest BCUT2D eigenvalue weighted by molar-refractivity contribution is 1.52. The van der Waals surface area contributed by atoms with Gasteiger partial charge in [-0.2, -0.15) is 0 Å². The first-order chi connectivity index (χ1) is 3.70. The molecule has 0 spiro atoms. The van der Waals surface area contributed by atoms with Gasteiger partial charge in [0.25, 0.3) is 0 Å². The van der Waals surface area contributed by atoms with Crippen LogP contribution >= 0.6 is 49.9 Å². The van der Waals surface area contributed by atoms with Crippen LogP contribution in [0.15, 0.2) is 9.85 Å². The van der Waals surface area contributed by atoms with Crippen molar-refractivity contribution in [3.8, 4) is 0 Å². The van der Waals surface area contributed by atoms with Crippen molar-refractivity contribution in [3.05, 3.63) is 18.3 Å². The van der Waals surface area contributed by atoms with Crippen LogP contribution in [-0.2, 0) is 0 Å². The maximum atomic E-state index is 3.43. The highest BCUT2D eigenvalue weighted by atomic mass is 127. The minimum atomic E-state index is 1.25. The van der Waals surface area contributed by atoms with Crippen LogP contribution in [0.25, 0.3) is 0 Å². The van der Waals surface area contributed by atoms with E-state index in [-0.39, 0.29) is 0 Å². The van der Waals surface area contributed by atoms with Gasteiger partial charge >= 0.3 is 0 Å². The molecule has 44 valence electrons. The molecule has 0 saturated heterocycles. The van der Waals surface area contributed by atoms with Crippen LogP contribution in [-0.4, -0.2) is 0 Å². The predicted octanol–water partition coefficient (Wildman–Crippen LogP) is 3.42. The van der Waals surface area contributed by atoms with Gasteiger partial charge in [0.2, 0.25) is 0 Å². The molecule has 0 aliphatic rings. The summed E-state index contributed by atoms with van der Waals surface area (Å²) in [7, 11) is 0. The lowest BCUT2D eigenvalue weighted by Gasteiger charge is -1.77. The van der Waals surface area contributed by atoms with Crippen molar-refractivity contribution in [2.24, 2.45) is 0 Å². The van der Waals surface area contributed by atoms with E-state index < -0.39 is 0 Å². The molecule has 0 unspecified atom stereocenters. The molecule has 0 atom stereocenters. The lowest BCUT2D eigenvalue weighted by Crippen LogP contribution is -1.56. The molecule has 0 aromatic carbocycles. The van der Waals surface area contributed by atoms with Gasteiger partial charge in [0, 0.05) is 0 Å². The van der Waals surface area contributed by atoms with E-state index in [1.165, 1.54) is 12.2 Å². The minimum absolute atomic E-state index is 1.25. The maximum absolute atomic E-state index is 3.43. The molecular formula is C5H4BrIS. The zero-order valence-electron chi connectivity index (χ0n) is 4.24. The van der Waals surface area contributed by atoms with Crippen LogP contribution in [0, 0.1) is 9.81 Å². The average Bonchev–Trinajstić information content (AvgIpc) is 1.85. The van der Waals surface area contributed by atoms with E-state index in [2.05, 4.69) is 51.5 Å². The predicted molar refractivity (Wildman–Crippen MR) is 49.5 cm³/mol. The molecule has 0 amide bonds. The van der Waals surface area contributed by atoms with Crippen molar-refractivity contribution in [2.75, 3.05) is 0 Å². The van der Waals surface area contributed by atoms with Crippen LogP contribution in [0.3, 0.4) is 0 Å². The third-order valence-electron chi connectivity index (χ3n) is 0.827. The summed E-state index contributed by atoms with van der Waals surface area (Å²) in [6, 6.07) is 2.16. The van der Waals surface area contributed by atoms with E-state index in [9.17, 15) is 0 Å². The largest absolute Gasteiger partial charge is 0.122 e. The third-order valence-corrected chi connectivity index (χ3v) is 3.72. The molecule has 1 aromatic rings.